The van der Waals surface area contributed by atoms with Gasteiger partial charge in [0.15, 0.2) is 0 Å². The van der Waals surface area contributed by atoms with Crippen molar-refractivity contribution in [2.45, 2.75) is 71.1 Å². The van der Waals surface area contributed by atoms with Gasteiger partial charge in [0.2, 0.25) is 0 Å². The van der Waals surface area contributed by atoms with Crippen LogP contribution in [0.2, 0.25) is 0 Å². The summed E-state index contributed by atoms with van der Waals surface area (Å²) in [7, 11) is -1.54. The molecule has 0 saturated carbocycles. The lowest BCUT2D eigenvalue weighted by Gasteiger charge is -2.31. The van der Waals surface area contributed by atoms with Crippen LogP contribution in [0.5, 0.6) is 0 Å². The third kappa shape index (κ3) is 26.9. The highest BCUT2D eigenvalue weighted by atomic mass is 31.2. The first-order chi connectivity index (χ1) is 20.2. The number of aliphatic hydroxyl groups excluding tert-OH is 2. The molecular weight excluding hydrogens is 600 g/mol. The van der Waals surface area contributed by atoms with Crippen LogP contribution < -0.4 is 9.79 Å². The molecule has 43 heavy (non-hydrogen) atoms. The van der Waals surface area contributed by atoms with E-state index in [-0.39, 0.29) is 52.7 Å². The van der Waals surface area contributed by atoms with E-state index >= 15 is 0 Å². The lowest BCUT2D eigenvalue weighted by atomic mass is 10.1. The molecule has 0 aliphatic rings. The zero-order valence-corrected chi connectivity index (χ0v) is 29.4. The van der Waals surface area contributed by atoms with Gasteiger partial charge in [0.25, 0.3) is 15.6 Å². The van der Waals surface area contributed by atoms with Crippen LogP contribution in [-0.2, 0) is 27.2 Å². The van der Waals surface area contributed by atoms with E-state index in [2.05, 4.69) is 6.92 Å². The summed E-state index contributed by atoms with van der Waals surface area (Å²) in [5.74, 6) is 0. The third-order valence-corrected chi connectivity index (χ3v) is 9.44. The van der Waals surface area contributed by atoms with Gasteiger partial charge in [-0.3, -0.25) is 14.0 Å². The Bertz CT molecular complexity index is 727. The summed E-state index contributed by atoms with van der Waals surface area (Å²) < 4.78 is 45.4. The van der Waals surface area contributed by atoms with E-state index < -0.39 is 15.6 Å². The van der Waals surface area contributed by atoms with Crippen molar-refractivity contribution in [1.82, 2.24) is 4.90 Å². The molecule has 0 amide bonds. The zero-order chi connectivity index (χ0) is 32.7. The van der Waals surface area contributed by atoms with Crippen molar-refractivity contribution in [3.63, 3.8) is 0 Å². The van der Waals surface area contributed by atoms with Crippen LogP contribution in [0.4, 0.5) is 0 Å². The minimum atomic E-state index is -4.50. The Kier molecular flexibility index (Phi) is 24.2. The molecule has 260 valence electrons. The van der Waals surface area contributed by atoms with Gasteiger partial charge in [0.05, 0.1) is 54.6 Å². The standard InChI is InChI=1S/C28H63N3O10P2/c1-6-7-8-9-10-11-12-13-14-15-16-29(17-25-38-42(34,35)40-27-21-30(2,3)19-23-32)18-26-39-43(36,37)41-28-22-31(4,5)20-24-33/h32-33H,6-28H2,1-5H3. The van der Waals surface area contributed by atoms with Gasteiger partial charge in [-0.2, -0.15) is 0 Å². The van der Waals surface area contributed by atoms with Crippen molar-refractivity contribution in [3.05, 3.63) is 0 Å². The molecule has 0 aromatic heterocycles. The van der Waals surface area contributed by atoms with Gasteiger partial charge in [-0.05, 0) is 13.0 Å². The SMILES string of the molecule is CCCCCCCCCCCCN(CCOP(=O)([O-])OCC[N+](C)(C)CCO)CCOP(=O)([O-])OCC[N+](C)(C)CCO. The summed E-state index contributed by atoms with van der Waals surface area (Å²) >= 11 is 0. The Balaban J connectivity index is 4.67. The highest BCUT2D eigenvalue weighted by Crippen LogP contribution is 2.39. The maximum absolute atomic E-state index is 12.2. The maximum atomic E-state index is 12.2. The Labute approximate surface area is 261 Å². The van der Waals surface area contributed by atoms with Crippen LogP contribution in [0, 0.1) is 0 Å². The van der Waals surface area contributed by atoms with Gasteiger partial charge in [0.1, 0.15) is 39.4 Å². The predicted octanol–water partition coefficient (Wildman–Crippen LogP) is 2.35. The van der Waals surface area contributed by atoms with E-state index in [1.54, 1.807) is 0 Å². The Morgan fingerprint density at radius 1 is 0.558 bits per heavy atom. The first kappa shape index (κ1) is 43.0. The quantitative estimate of drug-likeness (QED) is 0.0637. The van der Waals surface area contributed by atoms with Crippen LogP contribution >= 0.6 is 15.6 Å². The molecule has 0 aromatic rings. The van der Waals surface area contributed by atoms with Gasteiger partial charge in [-0.1, -0.05) is 64.7 Å². The molecule has 0 fully saturated rings. The van der Waals surface area contributed by atoms with Crippen molar-refractivity contribution in [3.8, 4) is 0 Å². The second kappa shape index (κ2) is 24.2. The fourth-order valence-corrected chi connectivity index (χ4v) is 5.73. The average Bonchev–Trinajstić information content (AvgIpc) is 2.88. The second-order valence-corrected chi connectivity index (χ2v) is 15.3. The van der Waals surface area contributed by atoms with Crippen LogP contribution in [0.15, 0.2) is 0 Å². The van der Waals surface area contributed by atoms with Crippen LogP contribution in [-0.4, -0.2) is 138 Å². The largest absolute Gasteiger partial charge is 0.756 e. The monoisotopic (exact) mass is 663 g/mol. The number of quaternary nitrogens is 2. The number of unbranched alkanes of at least 4 members (excludes halogenated alkanes) is 9. The Morgan fingerprint density at radius 3 is 1.28 bits per heavy atom. The van der Waals surface area contributed by atoms with Crippen molar-refractivity contribution < 1.29 is 56.2 Å². The molecule has 0 saturated heterocycles. The summed E-state index contributed by atoms with van der Waals surface area (Å²) in [5.41, 5.74) is 0. The molecule has 0 radical (unpaired) electrons. The fourth-order valence-electron chi connectivity index (χ4n) is 4.36. The van der Waals surface area contributed by atoms with Crippen molar-refractivity contribution in [2.24, 2.45) is 0 Å². The zero-order valence-electron chi connectivity index (χ0n) is 27.7. The summed E-state index contributed by atoms with van der Waals surface area (Å²) in [6.45, 7) is 4.76. The second-order valence-electron chi connectivity index (χ2n) is 12.5. The van der Waals surface area contributed by atoms with Crippen LogP contribution in [0.25, 0.3) is 0 Å². The molecule has 0 aliphatic carbocycles. The molecular formula is C28H63N3O10P2. The normalized spacial score (nSPS) is 15.6. The Morgan fingerprint density at radius 2 is 0.907 bits per heavy atom. The van der Waals surface area contributed by atoms with Gasteiger partial charge < -0.3 is 47.1 Å². The number of hydrogen-bond donors (Lipinski definition) is 2. The van der Waals surface area contributed by atoms with Crippen LogP contribution in [0.1, 0.15) is 71.1 Å². The van der Waals surface area contributed by atoms with Crippen molar-refractivity contribution >= 4 is 15.6 Å². The van der Waals surface area contributed by atoms with E-state index in [0.29, 0.717) is 41.7 Å². The first-order valence-corrected chi connectivity index (χ1v) is 18.9. The molecule has 0 aromatic carbocycles. The number of aliphatic hydroxyl groups is 2. The van der Waals surface area contributed by atoms with Gasteiger partial charge >= 0.3 is 0 Å². The molecule has 0 bridgehead atoms. The van der Waals surface area contributed by atoms with E-state index in [0.717, 1.165) is 19.3 Å². The highest BCUT2D eigenvalue weighted by molar-refractivity contribution is 7.46. The summed E-state index contributed by atoms with van der Waals surface area (Å²) in [6.07, 6.45) is 11.9. The van der Waals surface area contributed by atoms with E-state index in [4.69, 9.17) is 28.3 Å². The molecule has 2 unspecified atom stereocenters. The highest BCUT2D eigenvalue weighted by Gasteiger charge is 2.19. The number of likely N-dealkylation sites (N-methyl/N-ethyl adjacent to an activating group) is 2. The number of hydrogen-bond acceptors (Lipinski definition) is 11. The molecule has 15 heteroatoms. The summed E-state index contributed by atoms with van der Waals surface area (Å²) in [6, 6.07) is 0. The number of rotatable bonds is 31. The number of nitrogens with zero attached hydrogens (tertiary/aromatic N) is 3. The molecule has 0 spiro atoms. The lowest BCUT2D eigenvalue weighted by molar-refractivity contribution is -0.890. The minimum absolute atomic E-state index is 0.00678. The molecule has 13 nitrogen and oxygen atoms in total. The molecule has 0 aliphatic heterocycles. The predicted molar refractivity (Wildman–Crippen MR) is 165 cm³/mol. The number of phosphoric acid groups is 2. The average molecular weight is 664 g/mol. The summed E-state index contributed by atoms with van der Waals surface area (Å²) in [5, 5.41) is 18.2. The van der Waals surface area contributed by atoms with E-state index in [1.807, 2.05) is 33.1 Å². The fraction of sp³-hybridized carbons (Fsp3) is 1.00. The van der Waals surface area contributed by atoms with Crippen molar-refractivity contribution in [1.29, 1.82) is 0 Å². The first-order valence-electron chi connectivity index (χ1n) is 16.0. The topological polar surface area (TPSA) is 161 Å². The molecule has 0 rings (SSSR count). The number of phosphoric ester groups is 2. The van der Waals surface area contributed by atoms with Crippen LogP contribution in [0.3, 0.4) is 0 Å². The maximum Gasteiger partial charge on any atom is 0.268 e. The van der Waals surface area contributed by atoms with E-state index in [9.17, 15) is 18.9 Å². The van der Waals surface area contributed by atoms with E-state index in [1.165, 1.54) is 44.9 Å². The lowest BCUT2D eigenvalue weighted by Crippen LogP contribution is -2.44. The van der Waals surface area contributed by atoms with Gasteiger partial charge in [0, 0.05) is 13.1 Å². The minimum Gasteiger partial charge on any atom is -0.756 e. The van der Waals surface area contributed by atoms with Gasteiger partial charge in [-0.15, -0.1) is 0 Å². The van der Waals surface area contributed by atoms with Gasteiger partial charge in [-0.25, -0.2) is 0 Å². The molecule has 2 atom stereocenters. The third-order valence-electron chi connectivity index (χ3n) is 7.44. The summed E-state index contributed by atoms with van der Waals surface area (Å²) in [4.78, 5) is 26.4. The Hall–Kier alpha value is 0.0200. The molecule has 0 heterocycles. The smallest absolute Gasteiger partial charge is 0.268 e. The van der Waals surface area contributed by atoms with Crippen molar-refractivity contribution in [2.75, 3.05) is 114 Å². The molecule has 2 N–H and O–H groups in total.